The van der Waals surface area contributed by atoms with Crippen LogP contribution in [0.5, 0.6) is 0 Å². The Balaban J connectivity index is 1.82. The number of pyridine rings is 2. The molecule has 0 spiro atoms. The third kappa shape index (κ3) is 4.05. The molecule has 0 saturated carbocycles. The summed E-state index contributed by atoms with van der Waals surface area (Å²) in [6.45, 7) is 1.66. The summed E-state index contributed by atoms with van der Waals surface area (Å²) in [5, 5.41) is 3.38. The van der Waals surface area contributed by atoms with Crippen LogP contribution in [0.3, 0.4) is 0 Å². The van der Waals surface area contributed by atoms with E-state index in [1.807, 2.05) is 0 Å². The van der Waals surface area contributed by atoms with Gasteiger partial charge in [-0.3, -0.25) is 4.79 Å². The highest BCUT2D eigenvalue weighted by atomic mass is 19.4. The van der Waals surface area contributed by atoms with Crippen molar-refractivity contribution in [2.75, 3.05) is 19.0 Å². The number of nitrogens with one attached hydrogen (secondary N) is 1. The molecule has 5 nitrogen and oxygen atoms in total. The Kier molecular flexibility index (Phi) is 5.22. The molecule has 1 N–H and O–H groups in total. The van der Waals surface area contributed by atoms with Gasteiger partial charge >= 0.3 is 6.18 Å². The van der Waals surface area contributed by atoms with Crippen molar-refractivity contribution in [2.24, 2.45) is 0 Å². The number of amides is 1. The van der Waals surface area contributed by atoms with E-state index in [1.165, 1.54) is 11.0 Å². The molecule has 3 rings (SSSR count). The number of anilines is 1. The van der Waals surface area contributed by atoms with Crippen LogP contribution in [0, 0.1) is 6.92 Å². The van der Waals surface area contributed by atoms with Gasteiger partial charge in [-0.1, -0.05) is 6.07 Å². The molecule has 0 aliphatic rings. The Morgan fingerprint density at radius 1 is 1.18 bits per heavy atom. The Bertz CT molecular complexity index is 1030. The Hall–Kier alpha value is -3.16. The van der Waals surface area contributed by atoms with E-state index in [0.717, 1.165) is 6.07 Å². The van der Waals surface area contributed by atoms with Crippen molar-refractivity contribution in [3.8, 4) is 0 Å². The third-order valence-electron chi connectivity index (χ3n) is 4.33. The van der Waals surface area contributed by atoms with Gasteiger partial charge in [0, 0.05) is 37.9 Å². The minimum atomic E-state index is -4.48. The number of hydrogen-bond donors (Lipinski definition) is 1. The van der Waals surface area contributed by atoms with E-state index < -0.39 is 17.6 Å². The summed E-state index contributed by atoms with van der Waals surface area (Å²) in [7, 11) is 3.10. The fraction of sp³-hybridized carbons (Fsp3) is 0.250. The number of benzene rings is 1. The number of aromatic nitrogens is 2. The molecule has 0 fully saturated rings. The summed E-state index contributed by atoms with van der Waals surface area (Å²) in [6.07, 6.45) is -2.87. The lowest BCUT2D eigenvalue weighted by Crippen LogP contribution is -2.24. The SMILES string of the molecule is Cc1nc2ncccc2cc1C(=O)NCc1ccc(N(C)C)c(C(F)(F)F)c1. The number of carbonyl (C=O) groups is 1. The van der Waals surface area contributed by atoms with Crippen LogP contribution in [0.1, 0.15) is 27.2 Å². The second-order valence-corrected chi connectivity index (χ2v) is 6.60. The fourth-order valence-electron chi connectivity index (χ4n) is 2.91. The number of aryl methyl sites for hydroxylation is 1. The van der Waals surface area contributed by atoms with E-state index >= 15 is 0 Å². The van der Waals surface area contributed by atoms with Crippen LogP contribution in [0.2, 0.25) is 0 Å². The molecule has 8 heteroatoms. The zero-order valence-electron chi connectivity index (χ0n) is 15.6. The van der Waals surface area contributed by atoms with Gasteiger partial charge in [0.15, 0.2) is 5.65 Å². The first-order chi connectivity index (χ1) is 13.2. The summed E-state index contributed by atoms with van der Waals surface area (Å²) in [5.41, 5.74) is 1.10. The van der Waals surface area contributed by atoms with Gasteiger partial charge in [0.2, 0.25) is 0 Å². The first kappa shape index (κ1) is 19.6. The summed E-state index contributed by atoms with van der Waals surface area (Å²) >= 11 is 0. The Morgan fingerprint density at radius 3 is 2.61 bits per heavy atom. The molecule has 0 unspecified atom stereocenters. The first-order valence-electron chi connectivity index (χ1n) is 8.55. The van der Waals surface area contributed by atoms with Gasteiger partial charge in [-0.15, -0.1) is 0 Å². The number of alkyl halides is 3. The summed E-state index contributed by atoms with van der Waals surface area (Å²) in [4.78, 5) is 22.4. The molecule has 0 radical (unpaired) electrons. The molecule has 2 aromatic heterocycles. The lowest BCUT2D eigenvalue weighted by molar-refractivity contribution is -0.137. The van der Waals surface area contributed by atoms with Crippen LogP contribution in [0.15, 0.2) is 42.6 Å². The quantitative estimate of drug-likeness (QED) is 0.735. The van der Waals surface area contributed by atoms with Crippen LogP contribution in [-0.2, 0) is 12.7 Å². The smallest absolute Gasteiger partial charge is 0.377 e. The molecule has 0 atom stereocenters. The highest BCUT2D eigenvalue weighted by Crippen LogP contribution is 2.36. The van der Waals surface area contributed by atoms with Crippen molar-refractivity contribution in [3.63, 3.8) is 0 Å². The Morgan fingerprint density at radius 2 is 1.93 bits per heavy atom. The molecule has 146 valence electrons. The van der Waals surface area contributed by atoms with Crippen molar-refractivity contribution < 1.29 is 18.0 Å². The lowest BCUT2D eigenvalue weighted by Gasteiger charge is -2.20. The number of carbonyl (C=O) groups excluding carboxylic acids is 1. The van der Waals surface area contributed by atoms with Crippen molar-refractivity contribution in [1.82, 2.24) is 15.3 Å². The predicted molar refractivity (Wildman–Crippen MR) is 101 cm³/mol. The molecule has 1 amide bonds. The minimum Gasteiger partial charge on any atom is -0.377 e. The molecule has 0 aliphatic carbocycles. The second-order valence-electron chi connectivity index (χ2n) is 6.60. The topological polar surface area (TPSA) is 58.1 Å². The maximum absolute atomic E-state index is 13.3. The summed E-state index contributed by atoms with van der Waals surface area (Å²) < 4.78 is 40.0. The predicted octanol–water partition coefficient (Wildman–Crippen LogP) is 3.95. The molecule has 0 aliphatic heterocycles. The first-order valence-corrected chi connectivity index (χ1v) is 8.55. The van der Waals surface area contributed by atoms with Crippen molar-refractivity contribution in [2.45, 2.75) is 19.6 Å². The third-order valence-corrected chi connectivity index (χ3v) is 4.33. The standard InChI is InChI=1S/C20H19F3N4O/c1-12-15(10-14-5-4-8-24-18(14)26-12)19(28)25-11-13-6-7-17(27(2)3)16(9-13)20(21,22)23/h4-10H,11H2,1-3H3,(H,25,28). The molecule has 2 heterocycles. The average Bonchev–Trinajstić information content (AvgIpc) is 2.64. The molecule has 28 heavy (non-hydrogen) atoms. The van der Waals surface area contributed by atoms with Crippen LogP contribution >= 0.6 is 0 Å². The van der Waals surface area contributed by atoms with E-state index in [4.69, 9.17) is 0 Å². The summed E-state index contributed by atoms with van der Waals surface area (Å²) in [5.74, 6) is -0.402. The fourth-order valence-corrected chi connectivity index (χ4v) is 2.91. The van der Waals surface area contributed by atoms with E-state index in [-0.39, 0.29) is 12.2 Å². The van der Waals surface area contributed by atoms with E-state index in [2.05, 4.69) is 15.3 Å². The van der Waals surface area contributed by atoms with E-state index in [1.54, 1.807) is 51.5 Å². The van der Waals surface area contributed by atoms with Gasteiger partial charge in [0.05, 0.1) is 16.8 Å². The number of fused-ring (bicyclic) bond motifs is 1. The summed E-state index contributed by atoms with van der Waals surface area (Å²) in [6, 6.07) is 9.24. The molecular formula is C20H19F3N4O. The van der Waals surface area contributed by atoms with Crippen molar-refractivity contribution in [3.05, 3.63) is 65.0 Å². The highest BCUT2D eigenvalue weighted by Gasteiger charge is 2.34. The number of rotatable bonds is 4. The molecule has 3 aromatic rings. The normalized spacial score (nSPS) is 11.5. The van der Waals surface area contributed by atoms with Crippen LogP contribution in [-0.4, -0.2) is 30.0 Å². The van der Waals surface area contributed by atoms with E-state index in [0.29, 0.717) is 27.9 Å². The van der Waals surface area contributed by atoms with E-state index in [9.17, 15) is 18.0 Å². The van der Waals surface area contributed by atoms with Gasteiger partial charge in [0.25, 0.3) is 5.91 Å². The van der Waals surface area contributed by atoms with Crippen molar-refractivity contribution in [1.29, 1.82) is 0 Å². The van der Waals surface area contributed by atoms with Crippen LogP contribution < -0.4 is 10.2 Å². The largest absolute Gasteiger partial charge is 0.418 e. The maximum atomic E-state index is 13.3. The molecule has 0 bridgehead atoms. The minimum absolute atomic E-state index is 0.0276. The lowest BCUT2D eigenvalue weighted by atomic mass is 10.1. The zero-order valence-corrected chi connectivity index (χ0v) is 15.6. The van der Waals surface area contributed by atoms with Gasteiger partial charge < -0.3 is 10.2 Å². The number of hydrogen-bond acceptors (Lipinski definition) is 4. The molecule has 1 aromatic carbocycles. The zero-order chi connectivity index (χ0) is 20.5. The van der Waals surface area contributed by atoms with Crippen molar-refractivity contribution >= 4 is 22.6 Å². The molecular weight excluding hydrogens is 369 g/mol. The average molecular weight is 388 g/mol. The maximum Gasteiger partial charge on any atom is 0.418 e. The number of nitrogens with zero attached hydrogens (tertiary/aromatic N) is 3. The monoisotopic (exact) mass is 388 g/mol. The van der Waals surface area contributed by atoms with Gasteiger partial charge in [-0.2, -0.15) is 13.2 Å². The highest BCUT2D eigenvalue weighted by molar-refractivity contribution is 5.98. The number of halogens is 3. The molecule has 0 saturated heterocycles. The second kappa shape index (κ2) is 7.46. The van der Waals surface area contributed by atoms with Gasteiger partial charge in [-0.05, 0) is 42.8 Å². The van der Waals surface area contributed by atoms with Gasteiger partial charge in [-0.25, -0.2) is 9.97 Å². The van der Waals surface area contributed by atoms with Crippen LogP contribution in [0.4, 0.5) is 18.9 Å². The Labute approximate surface area is 160 Å². The van der Waals surface area contributed by atoms with Gasteiger partial charge in [0.1, 0.15) is 0 Å². The van der Waals surface area contributed by atoms with Crippen LogP contribution in [0.25, 0.3) is 11.0 Å².